The lowest BCUT2D eigenvalue weighted by Crippen LogP contribution is -2.41. The van der Waals surface area contributed by atoms with Crippen LogP contribution >= 0.6 is 23.1 Å². The monoisotopic (exact) mass is 407 g/mol. The number of aryl methyl sites for hydroxylation is 1. The molecule has 0 saturated heterocycles. The second-order valence-electron chi connectivity index (χ2n) is 5.58. The number of thiazole rings is 1. The Morgan fingerprint density at radius 1 is 1.26 bits per heavy atom. The van der Waals surface area contributed by atoms with Crippen molar-refractivity contribution in [2.24, 2.45) is 0 Å². The van der Waals surface area contributed by atoms with Crippen LogP contribution in [-0.2, 0) is 15.3 Å². The molecule has 0 aliphatic rings. The summed E-state index contributed by atoms with van der Waals surface area (Å²) in [5.41, 5.74) is 2.15. The Kier molecular flexibility index (Phi) is 8.28. The Bertz CT molecular complexity index is 807. The van der Waals surface area contributed by atoms with E-state index in [1.807, 2.05) is 31.4 Å². The number of hydrogen-bond acceptors (Lipinski definition) is 7. The van der Waals surface area contributed by atoms with E-state index in [-0.39, 0.29) is 0 Å². The molecule has 144 valence electrons. The van der Waals surface area contributed by atoms with Crippen LogP contribution < -0.4 is 10.6 Å². The van der Waals surface area contributed by atoms with Crippen LogP contribution in [0, 0.1) is 6.92 Å². The summed E-state index contributed by atoms with van der Waals surface area (Å²) in [5, 5.41) is 6.58. The highest BCUT2D eigenvalue weighted by Crippen LogP contribution is 2.27. The van der Waals surface area contributed by atoms with Crippen molar-refractivity contribution < 1.29 is 19.1 Å². The smallest absolute Gasteiger partial charge is 0.338 e. The Hall–Kier alpha value is -2.39. The van der Waals surface area contributed by atoms with Crippen LogP contribution in [0.3, 0.4) is 0 Å². The zero-order chi connectivity index (χ0) is 19.6. The molecule has 0 spiro atoms. The van der Waals surface area contributed by atoms with Gasteiger partial charge in [-0.1, -0.05) is 36.9 Å². The minimum absolute atomic E-state index is 0.390. The third kappa shape index (κ3) is 7.03. The molecule has 0 radical (unpaired) electrons. The van der Waals surface area contributed by atoms with Crippen LogP contribution in [0.15, 0.2) is 34.0 Å². The average molecular weight is 408 g/mol. The molecule has 0 aliphatic heterocycles. The van der Waals surface area contributed by atoms with E-state index in [0.717, 1.165) is 22.0 Å². The third-order valence-corrected chi connectivity index (χ3v) is 5.50. The molecule has 9 heteroatoms. The molecule has 0 atom stereocenters. The minimum atomic E-state index is -0.679. The third-order valence-electron chi connectivity index (χ3n) is 3.31. The second kappa shape index (κ2) is 10.7. The molecule has 0 saturated carbocycles. The van der Waals surface area contributed by atoms with Crippen molar-refractivity contribution in [2.45, 2.75) is 30.4 Å². The van der Waals surface area contributed by atoms with E-state index in [1.165, 1.54) is 11.8 Å². The molecule has 1 aromatic heterocycles. The van der Waals surface area contributed by atoms with Gasteiger partial charge >= 0.3 is 12.0 Å². The van der Waals surface area contributed by atoms with Gasteiger partial charge in [-0.05, 0) is 25.0 Å². The number of imide groups is 1. The number of benzene rings is 1. The van der Waals surface area contributed by atoms with Gasteiger partial charge in [0.25, 0.3) is 5.91 Å². The molecule has 2 rings (SSSR count). The topological polar surface area (TPSA) is 97.4 Å². The lowest BCUT2D eigenvalue weighted by Gasteiger charge is -2.09. The van der Waals surface area contributed by atoms with Gasteiger partial charge in [-0.2, -0.15) is 0 Å². The summed E-state index contributed by atoms with van der Waals surface area (Å²) in [6, 6.07) is 6.45. The van der Waals surface area contributed by atoms with Crippen LogP contribution in [0.5, 0.6) is 0 Å². The van der Waals surface area contributed by atoms with Crippen LogP contribution in [0.25, 0.3) is 0 Å². The average Bonchev–Trinajstić information content (AvgIpc) is 3.08. The number of esters is 1. The zero-order valence-electron chi connectivity index (χ0n) is 15.1. The first-order valence-corrected chi connectivity index (χ1v) is 10.2. The van der Waals surface area contributed by atoms with Gasteiger partial charge < -0.3 is 10.1 Å². The summed E-state index contributed by atoms with van der Waals surface area (Å²) in [6.07, 6.45) is 0.756. The Morgan fingerprint density at radius 2 is 2.04 bits per heavy atom. The number of thioether (sulfide) groups is 1. The number of nitrogens with one attached hydrogen (secondary N) is 2. The summed E-state index contributed by atoms with van der Waals surface area (Å²) in [5.74, 6) is -0.725. The van der Waals surface area contributed by atoms with E-state index >= 15 is 0 Å². The number of amides is 3. The van der Waals surface area contributed by atoms with Crippen molar-refractivity contribution in [1.82, 2.24) is 15.6 Å². The van der Waals surface area contributed by atoms with Gasteiger partial charge in [0.1, 0.15) is 4.34 Å². The van der Waals surface area contributed by atoms with E-state index in [2.05, 4.69) is 15.6 Å². The van der Waals surface area contributed by atoms with Crippen molar-refractivity contribution in [3.05, 3.63) is 46.5 Å². The lowest BCUT2D eigenvalue weighted by atomic mass is 10.1. The molecular formula is C18H21N3O4S2. The fraction of sp³-hybridized carbons (Fsp3) is 0.333. The van der Waals surface area contributed by atoms with Gasteiger partial charge in [-0.3, -0.25) is 10.1 Å². The normalized spacial score (nSPS) is 10.3. The summed E-state index contributed by atoms with van der Waals surface area (Å²) in [7, 11) is 0. The number of ether oxygens (including phenoxy) is 1. The predicted molar refractivity (Wildman–Crippen MR) is 105 cm³/mol. The standard InChI is InChI=1S/C18H21N3O4S2/c1-3-8-19-17(24)21-15(22)9-25-16(23)14-7-5-4-6-13(14)11-27-18-20-12(2)10-26-18/h4-7,10H,3,8-9,11H2,1-2H3,(H2,19,21,22,24). The summed E-state index contributed by atoms with van der Waals surface area (Å²) >= 11 is 3.09. The van der Waals surface area contributed by atoms with E-state index in [9.17, 15) is 14.4 Å². The van der Waals surface area contributed by atoms with Crippen molar-refractivity contribution in [2.75, 3.05) is 13.2 Å². The van der Waals surface area contributed by atoms with Gasteiger partial charge in [-0.15, -0.1) is 11.3 Å². The molecular weight excluding hydrogens is 386 g/mol. The Morgan fingerprint density at radius 3 is 2.74 bits per heavy atom. The van der Waals surface area contributed by atoms with Crippen LogP contribution in [0.1, 0.15) is 35.0 Å². The summed E-state index contributed by atoms with van der Waals surface area (Å²) in [4.78, 5) is 39.8. The van der Waals surface area contributed by atoms with Gasteiger partial charge in [-0.25, -0.2) is 14.6 Å². The number of nitrogens with zero attached hydrogens (tertiary/aromatic N) is 1. The van der Waals surface area contributed by atoms with Crippen molar-refractivity contribution in [3.8, 4) is 0 Å². The van der Waals surface area contributed by atoms with Gasteiger partial charge in [0.15, 0.2) is 6.61 Å². The number of rotatable bonds is 8. The molecule has 1 aromatic carbocycles. The van der Waals surface area contributed by atoms with Crippen molar-refractivity contribution in [3.63, 3.8) is 0 Å². The molecule has 0 bridgehead atoms. The van der Waals surface area contributed by atoms with Crippen molar-refractivity contribution in [1.29, 1.82) is 0 Å². The Labute approximate surface area is 165 Å². The first kappa shape index (κ1) is 20.9. The first-order valence-electron chi connectivity index (χ1n) is 8.37. The SMILES string of the molecule is CCCNC(=O)NC(=O)COC(=O)c1ccccc1CSc1nc(C)cs1. The number of urea groups is 1. The molecule has 0 fully saturated rings. The molecule has 1 heterocycles. The molecule has 2 N–H and O–H groups in total. The minimum Gasteiger partial charge on any atom is -0.452 e. The largest absolute Gasteiger partial charge is 0.452 e. The number of hydrogen-bond donors (Lipinski definition) is 2. The van der Waals surface area contributed by atoms with Crippen molar-refractivity contribution >= 4 is 41.0 Å². The first-order chi connectivity index (χ1) is 13.0. The van der Waals surface area contributed by atoms with Crippen LogP contribution in [0.4, 0.5) is 4.79 Å². The Balaban J connectivity index is 1.88. The maximum atomic E-state index is 12.3. The van der Waals surface area contributed by atoms with E-state index < -0.39 is 24.5 Å². The fourth-order valence-electron chi connectivity index (χ4n) is 2.04. The molecule has 0 unspecified atom stereocenters. The predicted octanol–water partition coefficient (Wildman–Crippen LogP) is 3.14. The summed E-state index contributed by atoms with van der Waals surface area (Å²) in [6.45, 7) is 3.77. The molecule has 7 nitrogen and oxygen atoms in total. The number of aromatic nitrogens is 1. The van der Waals surface area contributed by atoms with Crippen LogP contribution in [0.2, 0.25) is 0 Å². The van der Waals surface area contributed by atoms with Crippen LogP contribution in [-0.4, -0.2) is 36.0 Å². The number of carbonyl (C=O) groups excluding carboxylic acids is 3. The van der Waals surface area contributed by atoms with Gasteiger partial charge in [0.05, 0.1) is 5.56 Å². The number of carbonyl (C=O) groups is 3. The highest BCUT2D eigenvalue weighted by atomic mass is 32.2. The summed E-state index contributed by atoms with van der Waals surface area (Å²) < 4.78 is 5.96. The molecule has 2 aromatic rings. The lowest BCUT2D eigenvalue weighted by molar-refractivity contribution is -0.123. The van der Waals surface area contributed by atoms with E-state index in [1.54, 1.807) is 23.5 Å². The molecule has 3 amide bonds. The zero-order valence-corrected chi connectivity index (χ0v) is 16.7. The molecule has 27 heavy (non-hydrogen) atoms. The highest BCUT2D eigenvalue weighted by molar-refractivity contribution is 8.00. The fourth-order valence-corrected chi connectivity index (χ4v) is 3.89. The van der Waals surface area contributed by atoms with E-state index in [0.29, 0.717) is 17.9 Å². The molecule has 0 aliphatic carbocycles. The maximum Gasteiger partial charge on any atom is 0.338 e. The highest BCUT2D eigenvalue weighted by Gasteiger charge is 2.15. The quantitative estimate of drug-likeness (QED) is 0.515. The van der Waals surface area contributed by atoms with Gasteiger partial charge in [0.2, 0.25) is 0 Å². The van der Waals surface area contributed by atoms with Gasteiger partial charge in [0, 0.05) is 23.4 Å². The second-order valence-corrected chi connectivity index (χ2v) is 7.66. The van der Waals surface area contributed by atoms with E-state index in [4.69, 9.17) is 4.74 Å². The maximum absolute atomic E-state index is 12.3.